The summed E-state index contributed by atoms with van der Waals surface area (Å²) in [6.45, 7) is 11.8. The van der Waals surface area contributed by atoms with Crippen LogP contribution in [0.25, 0.3) is 0 Å². The molecule has 0 aromatic heterocycles. The van der Waals surface area contributed by atoms with Gasteiger partial charge in [-0.15, -0.1) is 0 Å². The van der Waals surface area contributed by atoms with E-state index in [2.05, 4.69) is 13.5 Å². The van der Waals surface area contributed by atoms with Gasteiger partial charge < -0.3 is 9.47 Å². The summed E-state index contributed by atoms with van der Waals surface area (Å²) in [4.78, 5) is 11.6. The number of rotatable bonds is 11. The van der Waals surface area contributed by atoms with Crippen molar-refractivity contribution in [1.82, 2.24) is 0 Å². The third-order valence-electron chi connectivity index (χ3n) is 3.57. The van der Waals surface area contributed by atoms with E-state index < -0.39 is 6.16 Å². The molecule has 0 bridgehead atoms. The molecule has 118 valence electrons. The van der Waals surface area contributed by atoms with Crippen LogP contribution in [0.5, 0.6) is 0 Å². The molecule has 0 saturated heterocycles. The SMILES string of the molecule is C=CC(CCCCCCCC)OC(=O)OC(C)C(C)C. The Labute approximate surface area is 124 Å². The average molecular weight is 284 g/mol. The predicted octanol–water partition coefficient (Wildman–Crippen LogP) is 5.49. The largest absolute Gasteiger partial charge is 0.509 e. The molecular formula is C17H32O3. The van der Waals surface area contributed by atoms with Crippen LogP contribution in [-0.4, -0.2) is 18.4 Å². The molecule has 0 aliphatic carbocycles. The van der Waals surface area contributed by atoms with Gasteiger partial charge in [-0.05, 0) is 25.7 Å². The molecule has 2 atom stereocenters. The van der Waals surface area contributed by atoms with E-state index in [-0.39, 0.29) is 12.2 Å². The van der Waals surface area contributed by atoms with E-state index in [1.54, 1.807) is 6.08 Å². The van der Waals surface area contributed by atoms with Crippen LogP contribution in [0, 0.1) is 5.92 Å². The van der Waals surface area contributed by atoms with Crippen molar-refractivity contribution in [3.05, 3.63) is 12.7 Å². The molecule has 0 N–H and O–H groups in total. The molecule has 0 aromatic carbocycles. The van der Waals surface area contributed by atoms with Crippen molar-refractivity contribution in [1.29, 1.82) is 0 Å². The van der Waals surface area contributed by atoms with Gasteiger partial charge in [0.25, 0.3) is 0 Å². The van der Waals surface area contributed by atoms with Crippen LogP contribution in [0.4, 0.5) is 4.79 Å². The van der Waals surface area contributed by atoms with E-state index >= 15 is 0 Å². The van der Waals surface area contributed by atoms with Crippen LogP contribution in [-0.2, 0) is 9.47 Å². The maximum absolute atomic E-state index is 11.6. The topological polar surface area (TPSA) is 35.5 Å². The van der Waals surface area contributed by atoms with Gasteiger partial charge in [0.2, 0.25) is 0 Å². The molecule has 3 nitrogen and oxygen atoms in total. The lowest BCUT2D eigenvalue weighted by molar-refractivity contribution is -0.000146. The number of ether oxygens (including phenoxy) is 2. The quantitative estimate of drug-likeness (QED) is 0.286. The summed E-state index contributed by atoms with van der Waals surface area (Å²) in [5.41, 5.74) is 0. The van der Waals surface area contributed by atoms with Crippen LogP contribution in [0.2, 0.25) is 0 Å². The van der Waals surface area contributed by atoms with Crippen LogP contribution in [0.1, 0.15) is 72.6 Å². The summed E-state index contributed by atoms with van der Waals surface area (Å²) >= 11 is 0. The highest BCUT2D eigenvalue weighted by Crippen LogP contribution is 2.13. The van der Waals surface area contributed by atoms with E-state index in [0.717, 1.165) is 12.8 Å². The zero-order valence-corrected chi connectivity index (χ0v) is 13.7. The average Bonchev–Trinajstić information content (AvgIpc) is 2.40. The van der Waals surface area contributed by atoms with Gasteiger partial charge in [-0.3, -0.25) is 0 Å². The normalized spacial score (nSPS) is 13.8. The fraction of sp³-hybridized carbons (Fsp3) is 0.824. The van der Waals surface area contributed by atoms with Gasteiger partial charge in [0, 0.05) is 0 Å². The van der Waals surface area contributed by atoms with Crippen LogP contribution < -0.4 is 0 Å². The van der Waals surface area contributed by atoms with Crippen molar-refractivity contribution in [2.75, 3.05) is 0 Å². The van der Waals surface area contributed by atoms with E-state index in [0.29, 0.717) is 5.92 Å². The third-order valence-corrected chi connectivity index (χ3v) is 3.57. The second kappa shape index (κ2) is 11.8. The minimum atomic E-state index is -0.581. The zero-order valence-electron chi connectivity index (χ0n) is 13.7. The lowest BCUT2D eigenvalue weighted by atomic mass is 10.1. The molecule has 2 unspecified atom stereocenters. The lowest BCUT2D eigenvalue weighted by Crippen LogP contribution is -2.24. The maximum Gasteiger partial charge on any atom is 0.509 e. The Kier molecular flexibility index (Phi) is 11.2. The first kappa shape index (κ1) is 19.0. The molecule has 0 saturated carbocycles. The van der Waals surface area contributed by atoms with Crippen LogP contribution in [0.15, 0.2) is 12.7 Å². The fourth-order valence-corrected chi connectivity index (χ4v) is 1.79. The number of hydrogen-bond acceptors (Lipinski definition) is 3. The molecule has 0 spiro atoms. The first-order chi connectivity index (χ1) is 9.51. The van der Waals surface area contributed by atoms with Crippen molar-refractivity contribution in [2.24, 2.45) is 5.92 Å². The molecule has 0 amide bonds. The van der Waals surface area contributed by atoms with Gasteiger partial charge in [-0.25, -0.2) is 4.79 Å². The maximum atomic E-state index is 11.6. The van der Waals surface area contributed by atoms with E-state index in [9.17, 15) is 4.79 Å². The summed E-state index contributed by atoms with van der Waals surface area (Å²) in [6, 6.07) is 0. The van der Waals surface area contributed by atoms with Crippen LogP contribution >= 0.6 is 0 Å². The van der Waals surface area contributed by atoms with Gasteiger partial charge in [0.05, 0.1) is 0 Å². The zero-order chi connectivity index (χ0) is 15.4. The molecule has 0 rings (SSSR count). The van der Waals surface area contributed by atoms with Gasteiger partial charge in [-0.2, -0.15) is 0 Å². The standard InChI is InChI=1S/C17H32O3/c1-6-8-9-10-11-12-13-16(7-2)20-17(18)19-15(5)14(3)4/h7,14-16H,2,6,8-13H2,1,3-5H3. The predicted molar refractivity (Wildman–Crippen MR) is 83.8 cm³/mol. The number of unbranched alkanes of at least 4 members (excludes halogenated alkanes) is 5. The summed E-state index contributed by atoms with van der Waals surface area (Å²) in [5.74, 6) is 0.295. The van der Waals surface area contributed by atoms with Gasteiger partial charge >= 0.3 is 6.16 Å². The highest BCUT2D eigenvalue weighted by Gasteiger charge is 2.17. The van der Waals surface area contributed by atoms with E-state index in [1.165, 1.54) is 32.1 Å². The second-order valence-corrected chi connectivity index (χ2v) is 5.77. The van der Waals surface area contributed by atoms with Gasteiger partial charge in [0.1, 0.15) is 12.2 Å². The Bertz CT molecular complexity index is 261. The minimum absolute atomic E-state index is 0.123. The Balaban J connectivity index is 3.80. The van der Waals surface area contributed by atoms with Gasteiger partial charge in [-0.1, -0.05) is 65.5 Å². The molecule has 20 heavy (non-hydrogen) atoms. The number of hydrogen-bond donors (Lipinski definition) is 0. The molecule has 0 radical (unpaired) electrons. The Morgan fingerprint density at radius 1 is 1.05 bits per heavy atom. The first-order valence-corrected chi connectivity index (χ1v) is 8.01. The molecule has 0 heterocycles. The van der Waals surface area contributed by atoms with Crippen molar-refractivity contribution in [3.63, 3.8) is 0 Å². The van der Waals surface area contributed by atoms with E-state index in [1.807, 2.05) is 20.8 Å². The molecular weight excluding hydrogens is 252 g/mol. The summed E-state index contributed by atoms with van der Waals surface area (Å²) < 4.78 is 10.5. The van der Waals surface area contributed by atoms with Crippen molar-refractivity contribution >= 4 is 6.16 Å². The number of carbonyl (C=O) groups is 1. The van der Waals surface area contributed by atoms with Crippen molar-refractivity contribution in [2.45, 2.75) is 84.8 Å². The summed E-state index contributed by atoms with van der Waals surface area (Å²) in [7, 11) is 0. The first-order valence-electron chi connectivity index (χ1n) is 8.01. The molecule has 0 fully saturated rings. The molecule has 0 aliphatic heterocycles. The highest BCUT2D eigenvalue weighted by molar-refractivity contribution is 5.60. The van der Waals surface area contributed by atoms with Crippen molar-refractivity contribution < 1.29 is 14.3 Å². The van der Waals surface area contributed by atoms with Crippen molar-refractivity contribution in [3.8, 4) is 0 Å². The highest BCUT2D eigenvalue weighted by atomic mass is 16.7. The van der Waals surface area contributed by atoms with E-state index in [4.69, 9.17) is 9.47 Å². The third kappa shape index (κ3) is 9.88. The fourth-order valence-electron chi connectivity index (χ4n) is 1.79. The second-order valence-electron chi connectivity index (χ2n) is 5.77. The Morgan fingerprint density at radius 2 is 1.65 bits per heavy atom. The molecule has 0 aliphatic rings. The van der Waals surface area contributed by atoms with Crippen LogP contribution in [0.3, 0.4) is 0 Å². The Morgan fingerprint density at radius 3 is 2.20 bits per heavy atom. The molecule has 0 aromatic rings. The van der Waals surface area contributed by atoms with Gasteiger partial charge in [0.15, 0.2) is 0 Å². The smallest absolute Gasteiger partial charge is 0.431 e. The summed E-state index contributed by atoms with van der Waals surface area (Å²) in [5, 5.41) is 0. The molecule has 3 heteroatoms. The number of carbonyl (C=O) groups excluding carboxylic acids is 1. The minimum Gasteiger partial charge on any atom is -0.431 e. The monoisotopic (exact) mass is 284 g/mol. The lowest BCUT2D eigenvalue weighted by Gasteiger charge is -2.19. The summed E-state index contributed by atoms with van der Waals surface area (Å²) in [6.07, 6.45) is 8.96. The Hall–Kier alpha value is -0.990.